The van der Waals surface area contributed by atoms with Gasteiger partial charge in [-0.2, -0.15) is 0 Å². The van der Waals surface area contributed by atoms with Crippen molar-refractivity contribution in [2.75, 3.05) is 20.6 Å². The van der Waals surface area contributed by atoms with Gasteiger partial charge in [0.1, 0.15) is 0 Å². The number of aromatic amines is 1. The molecule has 3 nitrogen and oxygen atoms in total. The maximum absolute atomic E-state index is 11.8. The van der Waals surface area contributed by atoms with Crippen molar-refractivity contribution in [2.24, 2.45) is 0 Å². The lowest BCUT2D eigenvalue weighted by atomic mass is 10.1. The Morgan fingerprint density at radius 3 is 2.76 bits per heavy atom. The maximum Gasteiger partial charge on any atom is 0.256 e. The second-order valence-electron chi connectivity index (χ2n) is 4.62. The Bertz CT molecular complexity index is 557. The third-order valence-electron chi connectivity index (χ3n) is 2.86. The standard InChI is InChI=1S/C14H18N2O/c1-16(2)9-5-7-12-10-11-6-3-4-8-13(11)14(17)15-12/h3-4,6,8,10H,5,7,9H2,1-2H3,(H,15,17). The molecule has 90 valence electrons. The van der Waals surface area contributed by atoms with Gasteiger partial charge >= 0.3 is 0 Å². The number of H-pyrrole nitrogens is 1. The summed E-state index contributed by atoms with van der Waals surface area (Å²) in [7, 11) is 4.12. The van der Waals surface area contributed by atoms with Gasteiger partial charge in [0.25, 0.3) is 5.56 Å². The number of aryl methyl sites for hydroxylation is 1. The second-order valence-corrected chi connectivity index (χ2v) is 4.62. The van der Waals surface area contributed by atoms with Crippen LogP contribution in [0.1, 0.15) is 12.1 Å². The number of rotatable bonds is 4. The highest BCUT2D eigenvalue weighted by Crippen LogP contribution is 2.10. The first-order valence-electron chi connectivity index (χ1n) is 5.92. The van der Waals surface area contributed by atoms with Crippen molar-refractivity contribution in [2.45, 2.75) is 12.8 Å². The summed E-state index contributed by atoms with van der Waals surface area (Å²) in [5, 5.41) is 1.79. The first-order valence-corrected chi connectivity index (χ1v) is 5.92. The molecule has 17 heavy (non-hydrogen) atoms. The van der Waals surface area contributed by atoms with E-state index in [0.29, 0.717) is 0 Å². The third-order valence-corrected chi connectivity index (χ3v) is 2.86. The van der Waals surface area contributed by atoms with E-state index in [1.807, 2.05) is 24.3 Å². The fraction of sp³-hybridized carbons (Fsp3) is 0.357. The molecule has 0 bridgehead atoms. The Kier molecular flexibility index (Phi) is 3.59. The molecule has 0 amide bonds. The SMILES string of the molecule is CN(C)CCCc1cc2ccccc2c(=O)[nH]1. The minimum atomic E-state index is 0.0166. The van der Waals surface area contributed by atoms with Gasteiger partial charge in [0.15, 0.2) is 0 Å². The molecule has 0 unspecified atom stereocenters. The van der Waals surface area contributed by atoms with Gasteiger partial charge in [-0.1, -0.05) is 18.2 Å². The molecule has 1 aromatic carbocycles. The minimum Gasteiger partial charge on any atom is -0.326 e. The summed E-state index contributed by atoms with van der Waals surface area (Å²) in [5.74, 6) is 0. The van der Waals surface area contributed by atoms with Crippen LogP contribution < -0.4 is 5.56 Å². The van der Waals surface area contributed by atoms with Crippen LogP contribution in [0.3, 0.4) is 0 Å². The predicted molar refractivity (Wildman–Crippen MR) is 71.4 cm³/mol. The molecule has 0 fully saturated rings. The zero-order valence-electron chi connectivity index (χ0n) is 10.4. The van der Waals surface area contributed by atoms with Crippen molar-refractivity contribution < 1.29 is 0 Å². The van der Waals surface area contributed by atoms with Gasteiger partial charge in [-0.25, -0.2) is 0 Å². The van der Waals surface area contributed by atoms with E-state index < -0.39 is 0 Å². The molecule has 1 N–H and O–H groups in total. The molecule has 0 spiro atoms. The number of aromatic nitrogens is 1. The fourth-order valence-electron chi connectivity index (χ4n) is 1.99. The van der Waals surface area contributed by atoms with E-state index >= 15 is 0 Å². The fourth-order valence-corrected chi connectivity index (χ4v) is 1.99. The average molecular weight is 230 g/mol. The van der Waals surface area contributed by atoms with E-state index in [1.54, 1.807) is 0 Å². The number of nitrogens with zero attached hydrogens (tertiary/aromatic N) is 1. The lowest BCUT2D eigenvalue weighted by molar-refractivity contribution is 0.399. The van der Waals surface area contributed by atoms with Crippen LogP contribution in [0.4, 0.5) is 0 Å². The summed E-state index contributed by atoms with van der Waals surface area (Å²) in [6, 6.07) is 9.78. The number of fused-ring (bicyclic) bond motifs is 1. The van der Waals surface area contributed by atoms with Crippen LogP contribution in [0.2, 0.25) is 0 Å². The third kappa shape index (κ3) is 2.94. The van der Waals surface area contributed by atoms with Gasteiger partial charge in [0.05, 0.1) is 0 Å². The van der Waals surface area contributed by atoms with Gasteiger partial charge in [0.2, 0.25) is 0 Å². The molecule has 0 atom stereocenters. The molecule has 3 heteroatoms. The number of nitrogens with one attached hydrogen (secondary N) is 1. The van der Waals surface area contributed by atoms with Crippen molar-refractivity contribution in [3.63, 3.8) is 0 Å². The molecule has 2 rings (SSSR count). The average Bonchev–Trinajstić information content (AvgIpc) is 2.28. The Morgan fingerprint density at radius 2 is 2.00 bits per heavy atom. The Hall–Kier alpha value is -1.61. The predicted octanol–water partition coefficient (Wildman–Crippen LogP) is 2.02. The van der Waals surface area contributed by atoms with Gasteiger partial charge in [-0.15, -0.1) is 0 Å². The van der Waals surface area contributed by atoms with E-state index in [4.69, 9.17) is 0 Å². The van der Waals surface area contributed by atoms with Crippen LogP contribution in [0.15, 0.2) is 35.1 Å². The number of hydrogen-bond acceptors (Lipinski definition) is 2. The summed E-state index contributed by atoms with van der Waals surface area (Å²) in [6.45, 7) is 1.04. The topological polar surface area (TPSA) is 36.1 Å². The smallest absolute Gasteiger partial charge is 0.256 e. The van der Waals surface area contributed by atoms with E-state index in [-0.39, 0.29) is 5.56 Å². The molecule has 1 aromatic heterocycles. The van der Waals surface area contributed by atoms with Crippen molar-refractivity contribution in [3.8, 4) is 0 Å². The highest BCUT2D eigenvalue weighted by Gasteiger charge is 2.01. The molecular weight excluding hydrogens is 212 g/mol. The largest absolute Gasteiger partial charge is 0.326 e. The summed E-state index contributed by atoms with van der Waals surface area (Å²) in [5.41, 5.74) is 1.04. The number of benzene rings is 1. The lowest BCUT2D eigenvalue weighted by Gasteiger charge is -2.09. The molecule has 1 heterocycles. The normalized spacial score (nSPS) is 11.2. The number of hydrogen-bond donors (Lipinski definition) is 1. The molecule has 2 aromatic rings. The lowest BCUT2D eigenvalue weighted by Crippen LogP contribution is -2.15. The highest BCUT2D eigenvalue weighted by molar-refractivity contribution is 5.81. The van der Waals surface area contributed by atoms with Gasteiger partial charge in [0, 0.05) is 11.1 Å². The van der Waals surface area contributed by atoms with Gasteiger partial charge in [-0.3, -0.25) is 4.79 Å². The van der Waals surface area contributed by atoms with Gasteiger partial charge < -0.3 is 9.88 Å². The van der Waals surface area contributed by atoms with E-state index in [0.717, 1.165) is 35.9 Å². The molecule has 0 saturated carbocycles. The molecule has 0 saturated heterocycles. The van der Waals surface area contributed by atoms with Crippen LogP contribution in [0.25, 0.3) is 10.8 Å². The first kappa shape index (κ1) is 11.9. The van der Waals surface area contributed by atoms with E-state index in [1.165, 1.54) is 0 Å². The maximum atomic E-state index is 11.8. The van der Waals surface area contributed by atoms with E-state index in [2.05, 4.69) is 30.0 Å². The minimum absolute atomic E-state index is 0.0166. The Balaban J connectivity index is 2.22. The number of pyridine rings is 1. The van der Waals surface area contributed by atoms with Crippen LogP contribution in [0, 0.1) is 0 Å². The molecule has 0 radical (unpaired) electrons. The monoisotopic (exact) mass is 230 g/mol. The van der Waals surface area contributed by atoms with Crippen molar-refractivity contribution >= 4 is 10.8 Å². The first-order chi connectivity index (χ1) is 8.16. The summed E-state index contributed by atoms with van der Waals surface area (Å²) >= 11 is 0. The van der Waals surface area contributed by atoms with Crippen LogP contribution in [0.5, 0.6) is 0 Å². The molecule has 0 aliphatic rings. The van der Waals surface area contributed by atoms with Crippen molar-refractivity contribution in [1.82, 2.24) is 9.88 Å². The van der Waals surface area contributed by atoms with Crippen LogP contribution in [-0.4, -0.2) is 30.5 Å². The Morgan fingerprint density at radius 1 is 1.24 bits per heavy atom. The van der Waals surface area contributed by atoms with Crippen LogP contribution in [-0.2, 0) is 6.42 Å². The van der Waals surface area contributed by atoms with Crippen molar-refractivity contribution in [3.05, 3.63) is 46.4 Å². The molecule has 0 aliphatic carbocycles. The molecule has 0 aliphatic heterocycles. The van der Waals surface area contributed by atoms with Crippen LogP contribution >= 0.6 is 0 Å². The second kappa shape index (κ2) is 5.15. The summed E-state index contributed by atoms with van der Waals surface area (Å²) in [6.07, 6.45) is 1.97. The summed E-state index contributed by atoms with van der Waals surface area (Å²) in [4.78, 5) is 16.9. The zero-order valence-corrected chi connectivity index (χ0v) is 10.4. The zero-order chi connectivity index (χ0) is 12.3. The quantitative estimate of drug-likeness (QED) is 0.872. The Labute approximate surface area is 101 Å². The van der Waals surface area contributed by atoms with Crippen molar-refractivity contribution in [1.29, 1.82) is 0 Å². The highest BCUT2D eigenvalue weighted by atomic mass is 16.1. The van der Waals surface area contributed by atoms with E-state index in [9.17, 15) is 4.79 Å². The molecular formula is C14H18N2O. The van der Waals surface area contributed by atoms with Gasteiger partial charge in [-0.05, 0) is 51.0 Å². The summed E-state index contributed by atoms with van der Waals surface area (Å²) < 4.78 is 0.